The van der Waals surface area contributed by atoms with E-state index in [1.54, 1.807) is 18.4 Å². The summed E-state index contributed by atoms with van der Waals surface area (Å²) in [6, 6.07) is 13.8. The van der Waals surface area contributed by atoms with E-state index in [0.717, 1.165) is 35.5 Å². The molecule has 1 aromatic heterocycles. The molecule has 0 saturated heterocycles. The number of hydrogen-bond acceptors (Lipinski definition) is 4. The lowest BCUT2D eigenvalue weighted by molar-refractivity contribution is -0.683. The minimum atomic E-state index is -0.0532. The van der Waals surface area contributed by atoms with E-state index in [0.29, 0.717) is 12.4 Å². The predicted molar refractivity (Wildman–Crippen MR) is 162 cm³/mol. The Morgan fingerprint density at radius 3 is 2.23 bits per heavy atom. The van der Waals surface area contributed by atoms with Crippen LogP contribution >= 0.6 is 11.3 Å². The fraction of sp³-hybridized carbons (Fsp3) is 0.515. The van der Waals surface area contributed by atoms with Crippen molar-refractivity contribution in [2.24, 2.45) is 0 Å². The Morgan fingerprint density at radius 1 is 0.846 bits per heavy atom. The Labute approximate surface area is 239 Å². The van der Waals surface area contributed by atoms with Gasteiger partial charge in [-0.05, 0) is 36.2 Å². The van der Waals surface area contributed by atoms with Gasteiger partial charge >= 0.3 is 0 Å². The Balaban J connectivity index is 1.33. The molecule has 0 unspecified atom stereocenters. The number of benzene rings is 2. The number of anilines is 1. The first-order valence-electron chi connectivity index (χ1n) is 14.8. The first kappa shape index (κ1) is 30.7. The Morgan fingerprint density at radius 2 is 1.56 bits per heavy atom. The molecular weight excluding hydrogens is 504 g/mol. The summed E-state index contributed by atoms with van der Waals surface area (Å²) in [6.45, 7) is 3.74. The molecule has 0 aliphatic heterocycles. The number of ether oxygens (including phenoxy) is 2. The second-order valence-corrected chi connectivity index (χ2v) is 11.1. The van der Waals surface area contributed by atoms with Gasteiger partial charge in [-0.3, -0.25) is 4.79 Å². The maximum atomic E-state index is 12.7. The number of nitrogens with one attached hydrogen (secondary N) is 1. The van der Waals surface area contributed by atoms with Crippen LogP contribution in [0.2, 0.25) is 0 Å². The Hall–Kier alpha value is -2.86. The number of rotatable bonds is 20. The average Bonchev–Trinajstić information content (AvgIpc) is 3.45. The molecule has 0 saturated carbocycles. The molecule has 0 aliphatic rings. The van der Waals surface area contributed by atoms with Crippen LogP contribution in [0, 0.1) is 0 Å². The predicted octanol–water partition coefficient (Wildman–Crippen LogP) is 8.35. The van der Waals surface area contributed by atoms with Gasteiger partial charge < -0.3 is 14.8 Å². The van der Waals surface area contributed by atoms with E-state index in [-0.39, 0.29) is 12.3 Å². The SMILES string of the molecule is CCCCCCCCCCCCCCOc1ccc(CC(=O)Nc2cccc(C[n+]3ccsc3)c2)cc1OC. The normalized spacial score (nSPS) is 10.9. The lowest BCUT2D eigenvalue weighted by Crippen LogP contribution is -2.30. The quantitative estimate of drug-likeness (QED) is 0.113. The number of nitrogens with zero attached hydrogens (tertiary/aromatic N) is 1. The van der Waals surface area contributed by atoms with Crippen LogP contribution in [0.4, 0.5) is 5.69 Å². The summed E-state index contributed by atoms with van der Waals surface area (Å²) in [6.07, 6.45) is 18.3. The van der Waals surface area contributed by atoms with Gasteiger partial charge in [-0.2, -0.15) is 4.57 Å². The standard InChI is InChI=1S/C33H46N2O3S/c1-3-4-5-6-7-8-9-10-11-12-13-14-21-38-31-19-18-28(24-32(31)37-2)25-33(36)34-30-17-15-16-29(23-30)26-35-20-22-39-27-35/h15-20,22-24,27H,3-14,21,25-26H2,1-2H3/p+1. The zero-order valence-corrected chi connectivity index (χ0v) is 24.8. The lowest BCUT2D eigenvalue weighted by Gasteiger charge is -2.12. The highest BCUT2D eigenvalue weighted by Crippen LogP contribution is 2.29. The number of aromatic nitrogens is 1. The number of carbonyl (C=O) groups excluding carboxylic acids is 1. The fourth-order valence-electron chi connectivity index (χ4n) is 4.77. The smallest absolute Gasteiger partial charge is 0.228 e. The van der Waals surface area contributed by atoms with E-state index in [2.05, 4.69) is 40.0 Å². The van der Waals surface area contributed by atoms with Gasteiger partial charge in [0.25, 0.3) is 0 Å². The number of hydrogen-bond donors (Lipinski definition) is 1. The van der Waals surface area contributed by atoms with Crippen molar-refractivity contribution in [3.05, 3.63) is 70.7 Å². The summed E-state index contributed by atoms with van der Waals surface area (Å²) in [7, 11) is 1.65. The maximum Gasteiger partial charge on any atom is 0.228 e. The molecule has 0 atom stereocenters. The highest BCUT2D eigenvalue weighted by Gasteiger charge is 2.11. The van der Waals surface area contributed by atoms with Crippen molar-refractivity contribution < 1.29 is 18.8 Å². The van der Waals surface area contributed by atoms with Crippen molar-refractivity contribution in [2.75, 3.05) is 19.0 Å². The van der Waals surface area contributed by atoms with Crippen LogP contribution in [0.15, 0.2) is 59.6 Å². The molecule has 0 radical (unpaired) electrons. The second kappa shape index (κ2) is 18.4. The molecule has 1 heterocycles. The van der Waals surface area contributed by atoms with Crippen molar-refractivity contribution >= 4 is 22.9 Å². The molecule has 0 bridgehead atoms. The Kier molecular flexibility index (Phi) is 14.5. The van der Waals surface area contributed by atoms with Crippen LogP contribution < -0.4 is 19.4 Å². The van der Waals surface area contributed by atoms with E-state index < -0.39 is 0 Å². The fourth-order valence-corrected chi connectivity index (χ4v) is 5.36. The third-order valence-corrected chi connectivity index (χ3v) is 7.62. The van der Waals surface area contributed by atoms with Gasteiger partial charge in [0.05, 0.1) is 25.5 Å². The minimum Gasteiger partial charge on any atom is -0.493 e. The van der Waals surface area contributed by atoms with Crippen LogP contribution in [0.3, 0.4) is 0 Å². The lowest BCUT2D eigenvalue weighted by atomic mass is 10.1. The summed E-state index contributed by atoms with van der Waals surface area (Å²) in [5, 5.41) is 5.08. The first-order valence-corrected chi connectivity index (χ1v) is 15.7. The molecule has 0 fully saturated rings. The molecule has 0 spiro atoms. The first-order chi connectivity index (χ1) is 19.2. The molecule has 39 heavy (non-hydrogen) atoms. The number of unbranched alkanes of at least 4 members (excludes halogenated alkanes) is 11. The highest BCUT2D eigenvalue weighted by molar-refractivity contribution is 7.07. The zero-order valence-electron chi connectivity index (χ0n) is 24.0. The number of carbonyl (C=O) groups is 1. The van der Waals surface area contributed by atoms with Crippen LogP contribution in [-0.4, -0.2) is 19.6 Å². The van der Waals surface area contributed by atoms with Gasteiger partial charge in [0.1, 0.15) is 0 Å². The highest BCUT2D eigenvalue weighted by atomic mass is 32.1. The van der Waals surface area contributed by atoms with Crippen molar-refractivity contribution in [1.82, 2.24) is 0 Å². The molecule has 2 aromatic carbocycles. The van der Waals surface area contributed by atoms with Crippen molar-refractivity contribution in [3.8, 4) is 11.5 Å². The molecule has 1 amide bonds. The second-order valence-electron chi connectivity index (χ2n) is 10.3. The average molecular weight is 552 g/mol. The topological polar surface area (TPSA) is 51.4 Å². The van der Waals surface area contributed by atoms with Crippen molar-refractivity contribution in [3.63, 3.8) is 0 Å². The zero-order chi connectivity index (χ0) is 27.5. The van der Waals surface area contributed by atoms with Gasteiger partial charge in [0, 0.05) is 11.3 Å². The molecular formula is C33H47N2O3S+. The minimum absolute atomic E-state index is 0.0532. The van der Waals surface area contributed by atoms with Crippen molar-refractivity contribution in [2.45, 2.75) is 96.9 Å². The summed E-state index contributed by atoms with van der Waals surface area (Å²) in [4.78, 5) is 12.7. The summed E-state index contributed by atoms with van der Waals surface area (Å²) in [5.74, 6) is 1.36. The van der Waals surface area contributed by atoms with Gasteiger partial charge in [-0.15, -0.1) is 0 Å². The van der Waals surface area contributed by atoms with E-state index in [4.69, 9.17) is 9.47 Å². The van der Waals surface area contributed by atoms with E-state index in [1.165, 1.54) is 70.6 Å². The van der Waals surface area contributed by atoms with Crippen molar-refractivity contribution in [1.29, 1.82) is 0 Å². The molecule has 3 aromatic rings. The summed E-state index contributed by atoms with van der Waals surface area (Å²) >= 11 is 1.66. The number of thiazole rings is 1. The molecule has 0 aliphatic carbocycles. The summed E-state index contributed by atoms with van der Waals surface area (Å²) < 4.78 is 13.7. The van der Waals surface area contributed by atoms with Gasteiger partial charge in [0.2, 0.25) is 11.4 Å². The maximum absolute atomic E-state index is 12.7. The summed E-state index contributed by atoms with van der Waals surface area (Å²) in [5.41, 5.74) is 4.92. The van der Waals surface area contributed by atoms with Gasteiger partial charge in [0.15, 0.2) is 24.2 Å². The largest absolute Gasteiger partial charge is 0.493 e. The van der Waals surface area contributed by atoms with E-state index in [1.807, 2.05) is 36.4 Å². The van der Waals surface area contributed by atoms with Crippen LogP contribution in [0.1, 0.15) is 95.1 Å². The third-order valence-electron chi connectivity index (χ3n) is 6.95. The molecule has 1 N–H and O–H groups in total. The monoisotopic (exact) mass is 551 g/mol. The Bertz CT molecular complexity index is 1080. The van der Waals surface area contributed by atoms with E-state index >= 15 is 0 Å². The van der Waals surface area contributed by atoms with Gasteiger partial charge in [-0.1, -0.05) is 107 Å². The van der Waals surface area contributed by atoms with E-state index in [9.17, 15) is 4.79 Å². The number of methoxy groups -OCH3 is 1. The molecule has 5 nitrogen and oxygen atoms in total. The molecule has 6 heteroatoms. The number of amides is 1. The van der Waals surface area contributed by atoms with Crippen LogP contribution in [-0.2, 0) is 17.8 Å². The molecule has 3 rings (SSSR count). The third kappa shape index (κ3) is 12.2. The molecule has 212 valence electrons. The van der Waals surface area contributed by atoms with Gasteiger partial charge in [-0.25, -0.2) is 0 Å². The van der Waals surface area contributed by atoms with Crippen LogP contribution in [0.25, 0.3) is 0 Å². The van der Waals surface area contributed by atoms with Crippen LogP contribution in [0.5, 0.6) is 11.5 Å².